The lowest BCUT2D eigenvalue weighted by Gasteiger charge is -2.38. The second kappa shape index (κ2) is 5.77. The third kappa shape index (κ3) is 3.54. The maximum absolute atomic E-state index is 6.43. The summed E-state index contributed by atoms with van der Waals surface area (Å²) in [6.45, 7) is 11.6. The van der Waals surface area contributed by atoms with Crippen molar-refractivity contribution in [1.82, 2.24) is 0 Å². The van der Waals surface area contributed by atoms with Crippen LogP contribution in [0.1, 0.15) is 51.5 Å². The van der Waals surface area contributed by atoms with Gasteiger partial charge < -0.3 is 4.43 Å². The Morgan fingerprint density at radius 1 is 1.10 bits per heavy atom. The molecule has 0 radical (unpaired) electrons. The van der Waals surface area contributed by atoms with Crippen molar-refractivity contribution in [2.45, 2.75) is 64.1 Å². The van der Waals surface area contributed by atoms with Gasteiger partial charge in [-0.1, -0.05) is 51.1 Å². The Balaban J connectivity index is 2.00. The van der Waals surface area contributed by atoms with E-state index in [2.05, 4.69) is 70.3 Å². The van der Waals surface area contributed by atoms with E-state index in [-0.39, 0.29) is 5.04 Å². The van der Waals surface area contributed by atoms with Crippen molar-refractivity contribution in [2.24, 2.45) is 0 Å². The van der Waals surface area contributed by atoms with Crippen LogP contribution in [-0.2, 0) is 4.43 Å². The summed E-state index contributed by atoms with van der Waals surface area (Å²) >= 11 is 0. The highest BCUT2D eigenvalue weighted by molar-refractivity contribution is 6.74. The second-order valence-corrected chi connectivity index (χ2v) is 12.1. The van der Waals surface area contributed by atoms with E-state index in [9.17, 15) is 0 Å². The lowest BCUT2D eigenvalue weighted by molar-refractivity contribution is 0.344. The number of allylic oxidation sites excluding steroid dienone is 2. The molecule has 20 heavy (non-hydrogen) atoms. The molecule has 2 heteroatoms. The van der Waals surface area contributed by atoms with Crippen molar-refractivity contribution < 1.29 is 4.43 Å². The quantitative estimate of drug-likeness (QED) is 0.633. The maximum atomic E-state index is 6.43. The molecule has 0 spiro atoms. The van der Waals surface area contributed by atoms with Crippen LogP contribution in [0, 0.1) is 0 Å². The Bertz CT molecular complexity index is 468. The minimum atomic E-state index is -1.66. The zero-order chi connectivity index (χ0) is 14.8. The fourth-order valence-corrected chi connectivity index (χ4v) is 3.56. The largest absolute Gasteiger partial charge is 0.547 e. The zero-order valence-electron chi connectivity index (χ0n) is 13.6. The molecule has 0 fully saturated rings. The van der Waals surface area contributed by atoms with Crippen molar-refractivity contribution >= 4 is 8.32 Å². The van der Waals surface area contributed by atoms with Gasteiger partial charge in [0, 0.05) is 6.42 Å². The molecule has 1 aromatic rings. The maximum Gasteiger partial charge on any atom is 0.250 e. The molecule has 2 rings (SSSR count). The molecular formula is C18H28OSi. The van der Waals surface area contributed by atoms with Crippen molar-refractivity contribution in [3.8, 4) is 0 Å². The third-order valence-corrected chi connectivity index (χ3v) is 9.22. The van der Waals surface area contributed by atoms with Gasteiger partial charge in [0.15, 0.2) is 0 Å². The fraction of sp³-hybridized carbons (Fsp3) is 0.556. The summed E-state index contributed by atoms with van der Waals surface area (Å²) in [5, 5.41) is 0.282. The molecule has 0 amide bonds. The third-order valence-electron chi connectivity index (χ3n) is 4.83. The Kier molecular flexibility index (Phi) is 4.43. The summed E-state index contributed by atoms with van der Waals surface area (Å²) in [6.07, 6.45) is 5.76. The smallest absolute Gasteiger partial charge is 0.250 e. The molecule has 0 saturated carbocycles. The van der Waals surface area contributed by atoms with Crippen molar-refractivity contribution in [3.63, 3.8) is 0 Å². The van der Waals surface area contributed by atoms with Gasteiger partial charge in [-0.25, -0.2) is 0 Å². The van der Waals surface area contributed by atoms with Crippen LogP contribution >= 0.6 is 0 Å². The summed E-state index contributed by atoms with van der Waals surface area (Å²) in [6, 6.07) is 10.9. The van der Waals surface area contributed by atoms with E-state index in [0.29, 0.717) is 5.92 Å². The molecule has 1 aliphatic rings. The summed E-state index contributed by atoms with van der Waals surface area (Å²) in [5.74, 6) is 1.91. The first kappa shape index (κ1) is 15.4. The highest BCUT2D eigenvalue weighted by Gasteiger charge is 2.39. The van der Waals surface area contributed by atoms with Crippen LogP contribution < -0.4 is 0 Å². The molecule has 0 saturated heterocycles. The molecule has 1 nitrogen and oxygen atoms in total. The highest BCUT2D eigenvalue weighted by atomic mass is 28.4. The first-order valence-corrected chi connectivity index (χ1v) is 10.6. The first-order valence-electron chi connectivity index (χ1n) is 7.72. The van der Waals surface area contributed by atoms with Crippen LogP contribution in [0.15, 0.2) is 42.2 Å². The standard InChI is InChI=1S/C18H28OSi/c1-18(2,3)20(4,5)19-17-13-11-16(12-14-17)15-9-7-6-8-10-15/h6-10,13,16H,11-12,14H2,1-5H3/t16-/m1/s1. The topological polar surface area (TPSA) is 9.23 Å². The van der Waals surface area contributed by atoms with Crippen LogP contribution in [0.25, 0.3) is 0 Å². The van der Waals surface area contributed by atoms with Crippen LogP contribution in [0.4, 0.5) is 0 Å². The van der Waals surface area contributed by atoms with E-state index < -0.39 is 8.32 Å². The normalized spacial score (nSPS) is 20.4. The number of hydrogen-bond donors (Lipinski definition) is 0. The van der Waals surface area contributed by atoms with E-state index in [1.807, 2.05) is 0 Å². The molecule has 0 unspecified atom stereocenters. The second-order valence-electron chi connectivity index (χ2n) is 7.41. The van der Waals surface area contributed by atoms with E-state index in [4.69, 9.17) is 4.43 Å². The van der Waals surface area contributed by atoms with Gasteiger partial charge in [0.25, 0.3) is 0 Å². The monoisotopic (exact) mass is 288 g/mol. The highest BCUT2D eigenvalue weighted by Crippen LogP contribution is 2.40. The van der Waals surface area contributed by atoms with Crippen LogP contribution in [0.5, 0.6) is 0 Å². The van der Waals surface area contributed by atoms with Gasteiger partial charge in [-0.15, -0.1) is 0 Å². The lowest BCUT2D eigenvalue weighted by atomic mass is 9.87. The molecule has 110 valence electrons. The molecule has 1 aliphatic carbocycles. The zero-order valence-corrected chi connectivity index (χ0v) is 14.6. The van der Waals surface area contributed by atoms with Crippen LogP contribution in [-0.4, -0.2) is 8.32 Å². The summed E-state index contributed by atoms with van der Waals surface area (Å²) in [4.78, 5) is 0. The lowest BCUT2D eigenvalue weighted by Crippen LogP contribution is -2.40. The van der Waals surface area contributed by atoms with Gasteiger partial charge in [-0.3, -0.25) is 0 Å². The van der Waals surface area contributed by atoms with Crippen molar-refractivity contribution in [3.05, 3.63) is 47.7 Å². The van der Waals surface area contributed by atoms with Gasteiger partial charge in [0.05, 0.1) is 5.76 Å². The van der Waals surface area contributed by atoms with Gasteiger partial charge in [0.2, 0.25) is 8.32 Å². The fourth-order valence-electron chi connectivity index (χ4n) is 2.41. The van der Waals surface area contributed by atoms with E-state index in [1.54, 1.807) is 0 Å². The van der Waals surface area contributed by atoms with E-state index >= 15 is 0 Å². The predicted octanol–water partition coefficient (Wildman–Crippen LogP) is 5.86. The minimum absolute atomic E-state index is 0.282. The molecule has 0 heterocycles. The van der Waals surface area contributed by atoms with Crippen molar-refractivity contribution in [1.29, 1.82) is 0 Å². The van der Waals surface area contributed by atoms with E-state index in [1.165, 1.54) is 17.7 Å². The molecule has 1 aromatic carbocycles. The van der Waals surface area contributed by atoms with Crippen LogP contribution in [0.3, 0.4) is 0 Å². The number of rotatable bonds is 3. The Morgan fingerprint density at radius 3 is 2.25 bits per heavy atom. The van der Waals surface area contributed by atoms with Gasteiger partial charge in [-0.2, -0.15) is 0 Å². The van der Waals surface area contributed by atoms with Gasteiger partial charge in [0.1, 0.15) is 0 Å². The van der Waals surface area contributed by atoms with Crippen LogP contribution in [0.2, 0.25) is 18.1 Å². The Morgan fingerprint density at radius 2 is 1.75 bits per heavy atom. The van der Waals surface area contributed by atoms with E-state index in [0.717, 1.165) is 12.8 Å². The van der Waals surface area contributed by atoms with Gasteiger partial charge in [-0.05, 0) is 48.5 Å². The SMILES string of the molecule is CC(C)(C)[Si](C)(C)OC1=CC[C@@H](c2ccccc2)CC1. The molecule has 1 atom stereocenters. The molecule has 0 N–H and O–H groups in total. The first-order chi connectivity index (χ1) is 9.29. The number of hydrogen-bond acceptors (Lipinski definition) is 1. The molecule has 0 bridgehead atoms. The average molecular weight is 289 g/mol. The average Bonchev–Trinajstić information content (AvgIpc) is 2.39. The summed E-state index contributed by atoms with van der Waals surface area (Å²) < 4.78 is 6.43. The minimum Gasteiger partial charge on any atom is -0.547 e. The predicted molar refractivity (Wildman–Crippen MR) is 89.4 cm³/mol. The van der Waals surface area contributed by atoms with Crippen molar-refractivity contribution in [2.75, 3.05) is 0 Å². The Hall–Kier alpha value is -1.02. The molecular weight excluding hydrogens is 260 g/mol. The number of benzene rings is 1. The summed E-state index contributed by atoms with van der Waals surface area (Å²) in [7, 11) is -1.66. The Labute approximate surface area is 125 Å². The molecule has 0 aromatic heterocycles. The molecule has 0 aliphatic heterocycles. The summed E-state index contributed by atoms with van der Waals surface area (Å²) in [5.41, 5.74) is 1.47. The van der Waals surface area contributed by atoms with Gasteiger partial charge >= 0.3 is 0 Å².